The Labute approximate surface area is 110 Å². The highest BCUT2D eigenvalue weighted by Gasteiger charge is 2.45. The maximum atomic E-state index is 11.6. The maximum Gasteiger partial charge on any atom is 0.240 e. The molecule has 1 aromatic carbocycles. The molecule has 1 saturated carbocycles. The average molecular weight is 297 g/mol. The Morgan fingerprint density at radius 3 is 2.88 bits per heavy atom. The lowest BCUT2D eigenvalue weighted by Gasteiger charge is -2.11. The molecule has 3 N–H and O–H groups in total. The van der Waals surface area contributed by atoms with Crippen LogP contribution in [0.25, 0.3) is 0 Å². The number of carbonyl (C=O) groups excluding carboxylic acids is 1. The van der Waals surface area contributed by atoms with Gasteiger partial charge in [0.25, 0.3) is 0 Å². The van der Waals surface area contributed by atoms with Gasteiger partial charge in [-0.05, 0) is 49.4 Å². The quantitative estimate of drug-likeness (QED) is 0.892. The maximum absolute atomic E-state index is 11.6. The lowest BCUT2D eigenvalue weighted by atomic mass is 10.1. The third-order valence-corrected chi connectivity index (χ3v) is 3.73. The van der Waals surface area contributed by atoms with Crippen molar-refractivity contribution in [3.63, 3.8) is 0 Å². The van der Waals surface area contributed by atoms with Crippen molar-refractivity contribution in [3.05, 3.63) is 33.8 Å². The van der Waals surface area contributed by atoms with Gasteiger partial charge in [0.15, 0.2) is 0 Å². The first kappa shape index (κ1) is 12.6. The third kappa shape index (κ3) is 3.07. The number of hydrogen-bond donors (Lipinski definition) is 2. The van der Waals surface area contributed by atoms with E-state index in [4.69, 9.17) is 5.73 Å². The summed E-state index contributed by atoms with van der Waals surface area (Å²) in [5.74, 6) is -0.00912. The minimum absolute atomic E-state index is 0.00912. The van der Waals surface area contributed by atoms with Crippen molar-refractivity contribution in [2.45, 2.75) is 31.7 Å². The molecule has 0 unspecified atom stereocenters. The van der Waals surface area contributed by atoms with Crippen LogP contribution in [0.2, 0.25) is 0 Å². The van der Waals surface area contributed by atoms with E-state index < -0.39 is 5.54 Å². The molecule has 1 aliphatic carbocycles. The van der Waals surface area contributed by atoms with E-state index in [1.165, 1.54) is 11.1 Å². The van der Waals surface area contributed by atoms with Crippen molar-refractivity contribution in [2.75, 3.05) is 6.54 Å². The Morgan fingerprint density at radius 2 is 2.24 bits per heavy atom. The Kier molecular flexibility index (Phi) is 3.54. The van der Waals surface area contributed by atoms with Crippen molar-refractivity contribution in [1.29, 1.82) is 0 Å². The summed E-state index contributed by atoms with van der Waals surface area (Å²) in [6, 6.07) is 6.19. The lowest BCUT2D eigenvalue weighted by Crippen LogP contribution is -2.43. The van der Waals surface area contributed by atoms with Crippen LogP contribution >= 0.6 is 15.9 Å². The first-order valence-electron chi connectivity index (χ1n) is 5.83. The zero-order chi connectivity index (χ0) is 12.5. The van der Waals surface area contributed by atoms with Crippen LogP contribution in [0.4, 0.5) is 0 Å². The molecule has 1 fully saturated rings. The van der Waals surface area contributed by atoms with E-state index >= 15 is 0 Å². The molecule has 0 saturated heterocycles. The molecule has 1 amide bonds. The molecule has 4 heteroatoms. The standard InChI is InChI=1S/C13H17BrN2O/c1-9-2-3-11(14)8-10(9)4-7-16-12(17)13(15)5-6-13/h2-3,8H,4-7,15H2,1H3,(H,16,17). The van der Waals surface area contributed by atoms with Gasteiger partial charge in [-0.1, -0.05) is 22.0 Å². The SMILES string of the molecule is Cc1ccc(Br)cc1CCNC(=O)C1(N)CC1. The van der Waals surface area contributed by atoms with E-state index in [0.29, 0.717) is 6.54 Å². The van der Waals surface area contributed by atoms with Gasteiger partial charge in [0.05, 0.1) is 5.54 Å². The smallest absolute Gasteiger partial charge is 0.240 e. The number of carbonyl (C=O) groups is 1. The van der Waals surface area contributed by atoms with Gasteiger partial charge < -0.3 is 11.1 Å². The summed E-state index contributed by atoms with van der Waals surface area (Å²) in [7, 11) is 0. The van der Waals surface area contributed by atoms with Crippen molar-refractivity contribution in [1.82, 2.24) is 5.32 Å². The number of amides is 1. The highest BCUT2D eigenvalue weighted by molar-refractivity contribution is 9.10. The molecular weight excluding hydrogens is 280 g/mol. The number of benzene rings is 1. The summed E-state index contributed by atoms with van der Waals surface area (Å²) in [6.07, 6.45) is 2.47. The zero-order valence-electron chi connectivity index (χ0n) is 9.92. The summed E-state index contributed by atoms with van der Waals surface area (Å²) in [5, 5.41) is 2.90. The molecule has 0 heterocycles. The van der Waals surface area contributed by atoms with Crippen LogP contribution in [-0.4, -0.2) is 18.0 Å². The third-order valence-electron chi connectivity index (χ3n) is 3.23. The Morgan fingerprint density at radius 1 is 1.53 bits per heavy atom. The van der Waals surface area contributed by atoms with Gasteiger partial charge in [-0.15, -0.1) is 0 Å². The van der Waals surface area contributed by atoms with Gasteiger partial charge in [-0.2, -0.15) is 0 Å². The minimum atomic E-state index is -0.563. The average Bonchev–Trinajstić information content (AvgIpc) is 3.03. The second-order valence-electron chi connectivity index (χ2n) is 4.73. The zero-order valence-corrected chi connectivity index (χ0v) is 11.5. The van der Waals surface area contributed by atoms with Gasteiger partial charge in [-0.3, -0.25) is 4.79 Å². The molecule has 0 bridgehead atoms. The summed E-state index contributed by atoms with van der Waals surface area (Å²) in [4.78, 5) is 11.6. The minimum Gasteiger partial charge on any atom is -0.354 e. The number of rotatable bonds is 4. The number of nitrogens with two attached hydrogens (primary N) is 1. The van der Waals surface area contributed by atoms with Crippen LogP contribution in [0.1, 0.15) is 24.0 Å². The second-order valence-corrected chi connectivity index (χ2v) is 5.65. The molecule has 0 aliphatic heterocycles. The largest absolute Gasteiger partial charge is 0.354 e. The fourth-order valence-corrected chi connectivity index (χ4v) is 2.17. The molecule has 1 aromatic rings. The Hall–Kier alpha value is -0.870. The predicted octanol–water partition coefficient (Wildman–Crippen LogP) is 1.91. The van der Waals surface area contributed by atoms with Gasteiger partial charge >= 0.3 is 0 Å². The summed E-state index contributed by atoms with van der Waals surface area (Å²) >= 11 is 3.45. The molecule has 17 heavy (non-hydrogen) atoms. The van der Waals surface area contributed by atoms with Crippen LogP contribution in [0.15, 0.2) is 22.7 Å². The fourth-order valence-electron chi connectivity index (χ4n) is 1.76. The first-order valence-corrected chi connectivity index (χ1v) is 6.63. The number of halogens is 1. The molecule has 92 valence electrons. The van der Waals surface area contributed by atoms with E-state index in [2.05, 4.69) is 40.3 Å². The predicted molar refractivity (Wildman–Crippen MR) is 71.7 cm³/mol. The van der Waals surface area contributed by atoms with E-state index in [-0.39, 0.29) is 5.91 Å². The highest BCUT2D eigenvalue weighted by Crippen LogP contribution is 2.32. The normalized spacial score (nSPS) is 16.6. The number of nitrogens with one attached hydrogen (secondary N) is 1. The summed E-state index contributed by atoms with van der Waals surface area (Å²) in [5.41, 5.74) is 7.74. The van der Waals surface area contributed by atoms with Crippen LogP contribution in [0.3, 0.4) is 0 Å². The number of aryl methyl sites for hydroxylation is 1. The molecular formula is C13H17BrN2O. The Bertz CT molecular complexity index is 441. The van der Waals surface area contributed by atoms with Gasteiger partial charge in [0.2, 0.25) is 5.91 Å². The number of hydrogen-bond acceptors (Lipinski definition) is 2. The Balaban J connectivity index is 1.85. The van der Waals surface area contributed by atoms with E-state index in [0.717, 1.165) is 23.7 Å². The first-order chi connectivity index (χ1) is 8.01. The van der Waals surface area contributed by atoms with Gasteiger partial charge in [-0.25, -0.2) is 0 Å². The summed E-state index contributed by atoms with van der Waals surface area (Å²) < 4.78 is 1.07. The second kappa shape index (κ2) is 4.78. The topological polar surface area (TPSA) is 55.1 Å². The molecule has 2 rings (SSSR count). The summed E-state index contributed by atoms with van der Waals surface area (Å²) in [6.45, 7) is 2.73. The van der Waals surface area contributed by atoms with Gasteiger partial charge in [0, 0.05) is 11.0 Å². The lowest BCUT2D eigenvalue weighted by molar-refractivity contribution is -0.123. The highest BCUT2D eigenvalue weighted by atomic mass is 79.9. The molecule has 1 aliphatic rings. The van der Waals surface area contributed by atoms with Crippen molar-refractivity contribution < 1.29 is 4.79 Å². The van der Waals surface area contributed by atoms with Gasteiger partial charge in [0.1, 0.15) is 0 Å². The van der Waals surface area contributed by atoms with Crippen LogP contribution < -0.4 is 11.1 Å². The van der Waals surface area contributed by atoms with Crippen LogP contribution in [0.5, 0.6) is 0 Å². The molecule has 0 spiro atoms. The van der Waals surface area contributed by atoms with E-state index in [1.807, 2.05) is 6.07 Å². The van der Waals surface area contributed by atoms with Crippen LogP contribution in [0, 0.1) is 6.92 Å². The van der Waals surface area contributed by atoms with Crippen molar-refractivity contribution >= 4 is 21.8 Å². The molecule has 0 atom stereocenters. The monoisotopic (exact) mass is 296 g/mol. The van der Waals surface area contributed by atoms with E-state index in [9.17, 15) is 4.79 Å². The fraction of sp³-hybridized carbons (Fsp3) is 0.462. The van der Waals surface area contributed by atoms with Crippen LogP contribution in [-0.2, 0) is 11.2 Å². The molecule has 3 nitrogen and oxygen atoms in total. The van der Waals surface area contributed by atoms with Crippen molar-refractivity contribution in [3.8, 4) is 0 Å². The van der Waals surface area contributed by atoms with Crippen molar-refractivity contribution in [2.24, 2.45) is 5.73 Å². The van der Waals surface area contributed by atoms with E-state index in [1.54, 1.807) is 0 Å². The molecule has 0 aromatic heterocycles. The molecule has 0 radical (unpaired) electrons.